The van der Waals surface area contributed by atoms with Crippen LogP contribution in [0.4, 0.5) is 0 Å². The molecule has 0 radical (unpaired) electrons. The number of aromatic nitrogens is 1. The fourth-order valence-corrected chi connectivity index (χ4v) is 2.08. The number of pyridine rings is 1. The molecule has 0 aliphatic carbocycles. The van der Waals surface area contributed by atoms with Gasteiger partial charge < -0.3 is 14.8 Å². The summed E-state index contributed by atoms with van der Waals surface area (Å²) in [7, 11) is 0. The van der Waals surface area contributed by atoms with E-state index in [1.165, 1.54) is 0 Å². The van der Waals surface area contributed by atoms with Gasteiger partial charge in [0.2, 0.25) is 0 Å². The van der Waals surface area contributed by atoms with Crippen LogP contribution in [0.1, 0.15) is 10.4 Å². The van der Waals surface area contributed by atoms with Crippen LogP contribution >= 0.6 is 0 Å². The standard InChI is InChI=1S/C14H14N2O3/c17-14(16-9-12-18-7-8-19-12)11-5-1-3-10-4-2-6-15-13(10)11/h1-6,12H,7-9H2,(H,16,17). The molecule has 5 nitrogen and oxygen atoms in total. The third-order valence-corrected chi connectivity index (χ3v) is 3.00. The predicted octanol–water partition coefficient (Wildman–Crippen LogP) is 1.34. The Morgan fingerprint density at radius 2 is 2.05 bits per heavy atom. The number of carbonyl (C=O) groups is 1. The summed E-state index contributed by atoms with van der Waals surface area (Å²) < 4.78 is 10.5. The van der Waals surface area contributed by atoms with Gasteiger partial charge in [-0.3, -0.25) is 9.78 Å². The van der Waals surface area contributed by atoms with Gasteiger partial charge in [-0.05, 0) is 12.1 Å². The molecule has 0 spiro atoms. The molecule has 19 heavy (non-hydrogen) atoms. The first kappa shape index (κ1) is 12.1. The summed E-state index contributed by atoms with van der Waals surface area (Å²) in [6, 6.07) is 9.33. The van der Waals surface area contributed by atoms with E-state index in [-0.39, 0.29) is 12.2 Å². The van der Waals surface area contributed by atoms with Crippen molar-refractivity contribution in [2.24, 2.45) is 0 Å². The van der Waals surface area contributed by atoms with Crippen LogP contribution in [-0.4, -0.2) is 36.9 Å². The van der Waals surface area contributed by atoms with Gasteiger partial charge in [0.05, 0.1) is 30.8 Å². The maximum atomic E-state index is 12.2. The number of para-hydroxylation sites is 1. The molecule has 2 heterocycles. The van der Waals surface area contributed by atoms with Crippen molar-refractivity contribution >= 4 is 16.8 Å². The minimum atomic E-state index is -0.341. The van der Waals surface area contributed by atoms with Gasteiger partial charge >= 0.3 is 0 Å². The van der Waals surface area contributed by atoms with E-state index in [1.807, 2.05) is 24.3 Å². The molecule has 1 aromatic carbocycles. The number of fused-ring (bicyclic) bond motifs is 1. The number of rotatable bonds is 3. The van der Waals surface area contributed by atoms with Gasteiger partial charge in [-0.15, -0.1) is 0 Å². The van der Waals surface area contributed by atoms with E-state index >= 15 is 0 Å². The van der Waals surface area contributed by atoms with Crippen LogP contribution in [0.25, 0.3) is 10.9 Å². The van der Waals surface area contributed by atoms with E-state index in [9.17, 15) is 4.79 Å². The van der Waals surface area contributed by atoms with Crippen LogP contribution in [0, 0.1) is 0 Å². The molecule has 1 aliphatic heterocycles. The topological polar surface area (TPSA) is 60.5 Å². The van der Waals surface area contributed by atoms with Crippen LogP contribution in [-0.2, 0) is 9.47 Å². The molecule has 1 N–H and O–H groups in total. The maximum absolute atomic E-state index is 12.2. The van der Waals surface area contributed by atoms with E-state index in [2.05, 4.69) is 10.3 Å². The minimum absolute atomic E-state index is 0.164. The summed E-state index contributed by atoms with van der Waals surface area (Å²) in [5.74, 6) is -0.164. The largest absolute Gasteiger partial charge is 0.348 e. The third kappa shape index (κ3) is 2.57. The molecule has 0 bridgehead atoms. The summed E-state index contributed by atoms with van der Waals surface area (Å²) in [4.78, 5) is 16.4. The number of nitrogens with zero attached hydrogens (tertiary/aromatic N) is 1. The quantitative estimate of drug-likeness (QED) is 0.902. The highest BCUT2D eigenvalue weighted by Gasteiger charge is 2.18. The predicted molar refractivity (Wildman–Crippen MR) is 69.8 cm³/mol. The summed E-state index contributed by atoms with van der Waals surface area (Å²) in [6.07, 6.45) is 1.34. The zero-order valence-corrected chi connectivity index (χ0v) is 10.3. The number of benzene rings is 1. The van der Waals surface area contributed by atoms with Crippen molar-refractivity contribution in [3.63, 3.8) is 0 Å². The number of amides is 1. The number of nitrogens with one attached hydrogen (secondary N) is 1. The third-order valence-electron chi connectivity index (χ3n) is 3.00. The first-order chi connectivity index (χ1) is 9.34. The number of carbonyl (C=O) groups excluding carboxylic acids is 1. The average molecular weight is 258 g/mol. The first-order valence-electron chi connectivity index (χ1n) is 6.20. The lowest BCUT2D eigenvalue weighted by molar-refractivity contribution is -0.0379. The average Bonchev–Trinajstić information content (AvgIpc) is 2.97. The van der Waals surface area contributed by atoms with Crippen molar-refractivity contribution in [3.8, 4) is 0 Å². The zero-order chi connectivity index (χ0) is 13.1. The lowest BCUT2D eigenvalue weighted by Crippen LogP contribution is -2.32. The van der Waals surface area contributed by atoms with Crippen molar-refractivity contribution < 1.29 is 14.3 Å². The van der Waals surface area contributed by atoms with Gasteiger partial charge in [0.15, 0.2) is 6.29 Å². The lowest BCUT2D eigenvalue weighted by Gasteiger charge is -2.11. The van der Waals surface area contributed by atoms with E-state index in [0.717, 1.165) is 5.39 Å². The van der Waals surface area contributed by atoms with Crippen molar-refractivity contribution in [2.45, 2.75) is 6.29 Å². The fourth-order valence-electron chi connectivity index (χ4n) is 2.08. The molecule has 1 aliphatic rings. The van der Waals surface area contributed by atoms with Crippen LogP contribution in [0.3, 0.4) is 0 Å². The Kier molecular flexibility index (Phi) is 3.39. The second-order valence-corrected chi connectivity index (χ2v) is 4.26. The molecule has 1 saturated heterocycles. The van der Waals surface area contributed by atoms with Crippen LogP contribution in [0.5, 0.6) is 0 Å². The molecule has 98 valence electrons. The molecule has 1 amide bonds. The van der Waals surface area contributed by atoms with E-state index in [4.69, 9.17) is 9.47 Å². The molecule has 2 aromatic rings. The lowest BCUT2D eigenvalue weighted by atomic mass is 10.1. The molecule has 0 unspecified atom stereocenters. The second kappa shape index (κ2) is 5.34. The molecule has 0 atom stereocenters. The summed E-state index contributed by atoms with van der Waals surface area (Å²) in [6.45, 7) is 1.51. The number of hydrogen-bond donors (Lipinski definition) is 1. The summed E-state index contributed by atoms with van der Waals surface area (Å²) in [5.41, 5.74) is 1.27. The summed E-state index contributed by atoms with van der Waals surface area (Å²) in [5, 5.41) is 3.75. The Bertz CT molecular complexity index is 589. The van der Waals surface area contributed by atoms with Crippen molar-refractivity contribution in [2.75, 3.05) is 19.8 Å². The summed E-state index contributed by atoms with van der Waals surface area (Å²) >= 11 is 0. The van der Waals surface area contributed by atoms with Gasteiger partial charge in [-0.25, -0.2) is 0 Å². The molecule has 3 rings (SSSR count). The molecule has 5 heteroatoms. The highest BCUT2D eigenvalue weighted by Crippen LogP contribution is 2.15. The Morgan fingerprint density at radius 3 is 2.89 bits per heavy atom. The molecule has 0 saturated carbocycles. The number of hydrogen-bond acceptors (Lipinski definition) is 4. The van der Waals surface area contributed by atoms with E-state index < -0.39 is 0 Å². The SMILES string of the molecule is O=C(NCC1OCCO1)c1cccc2cccnc12. The molecular formula is C14H14N2O3. The van der Waals surface area contributed by atoms with Crippen molar-refractivity contribution in [1.82, 2.24) is 10.3 Å². The Balaban J connectivity index is 1.77. The Morgan fingerprint density at radius 1 is 1.26 bits per heavy atom. The van der Waals surface area contributed by atoms with Crippen LogP contribution in [0.2, 0.25) is 0 Å². The van der Waals surface area contributed by atoms with Gasteiger partial charge in [0, 0.05) is 11.6 Å². The van der Waals surface area contributed by atoms with E-state index in [1.54, 1.807) is 12.3 Å². The molecular weight excluding hydrogens is 244 g/mol. The van der Waals surface area contributed by atoms with Gasteiger partial charge in [-0.2, -0.15) is 0 Å². The highest BCUT2D eigenvalue weighted by atomic mass is 16.7. The molecule has 1 aromatic heterocycles. The van der Waals surface area contributed by atoms with Crippen molar-refractivity contribution in [3.05, 3.63) is 42.1 Å². The van der Waals surface area contributed by atoms with Crippen molar-refractivity contribution in [1.29, 1.82) is 0 Å². The molecule has 1 fully saturated rings. The highest BCUT2D eigenvalue weighted by molar-refractivity contribution is 6.05. The monoisotopic (exact) mass is 258 g/mol. The zero-order valence-electron chi connectivity index (χ0n) is 10.3. The number of ether oxygens (including phenoxy) is 2. The smallest absolute Gasteiger partial charge is 0.253 e. The minimum Gasteiger partial charge on any atom is -0.348 e. The Hall–Kier alpha value is -1.98. The van der Waals surface area contributed by atoms with Crippen LogP contribution < -0.4 is 5.32 Å². The van der Waals surface area contributed by atoms with Gasteiger partial charge in [0.25, 0.3) is 5.91 Å². The van der Waals surface area contributed by atoms with Gasteiger partial charge in [-0.1, -0.05) is 18.2 Å². The normalized spacial score (nSPS) is 15.8. The van der Waals surface area contributed by atoms with Crippen LogP contribution in [0.15, 0.2) is 36.5 Å². The first-order valence-corrected chi connectivity index (χ1v) is 6.20. The Labute approximate surface area is 110 Å². The fraction of sp³-hybridized carbons (Fsp3) is 0.286. The maximum Gasteiger partial charge on any atom is 0.253 e. The second-order valence-electron chi connectivity index (χ2n) is 4.26. The van der Waals surface area contributed by atoms with Gasteiger partial charge in [0.1, 0.15) is 0 Å². The van der Waals surface area contributed by atoms with E-state index in [0.29, 0.717) is 30.8 Å².